The first kappa shape index (κ1) is 16.8. The summed E-state index contributed by atoms with van der Waals surface area (Å²) in [6.07, 6.45) is 5.05. The van der Waals surface area contributed by atoms with Gasteiger partial charge in [0, 0.05) is 17.8 Å². The molecule has 27 heavy (non-hydrogen) atoms. The Morgan fingerprint density at radius 3 is 2.33 bits per heavy atom. The van der Waals surface area contributed by atoms with E-state index in [1.165, 1.54) is 11.6 Å². The number of carbonyl (C=O) groups excluding carboxylic acids is 1. The molecule has 4 nitrogen and oxygen atoms in total. The molecular formula is C23H19N3O. The largest absolute Gasteiger partial charge is 0.366 e. The zero-order chi connectivity index (χ0) is 18.8. The lowest BCUT2D eigenvalue weighted by Gasteiger charge is -2.04. The molecule has 0 saturated carbocycles. The number of amides is 1. The monoisotopic (exact) mass is 353 g/mol. The molecule has 4 aromatic rings. The summed E-state index contributed by atoms with van der Waals surface area (Å²) in [4.78, 5) is 16.0. The fourth-order valence-electron chi connectivity index (χ4n) is 3.15. The number of benzene rings is 2. The molecule has 1 amide bonds. The first-order valence-corrected chi connectivity index (χ1v) is 8.74. The van der Waals surface area contributed by atoms with Gasteiger partial charge >= 0.3 is 0 Å². The average molecular weight is 353 g/mol. The standard InChI is InChI=1S/C23H19N3O/c1-16-13-14-26-20(11-12-21(24)27)23(25-22(26)15-16)19-9-7-18(8-10-19)17-5-3-2-4-6-17/h2-15H,1H3,(H2,24,27)/b12-11+. The number of pyridine rings is 1. The van der Waals surface area contributed by atoms with E-state index in [1.807, 2.05) is 47.9 Å². The van der Waals surface area contributed by atoms with Crippen molar-refractivity contribution in [3.8, 4) is 22.4 Å². The number of carbonyl (C=O) groups is 1. The molecule has 2 aromatic carbocycles. The van der Waals surface area contributed by atoms with Gasteiger partial charge in [-0.3, -0.25) is 9.20 Å². The first-order chi connectivity index (χ1) is 13.1. The predicted molar refractivity (Wildman–Crippen MR) is 109 cm³/mol. The van der Waals surface area contributed by atoms with E-state index in [0.29, 0.717) is 0 Å². The van der Waals surface area contributed by atoms with Gasteiger partial charge in [0.15, 0.2) is 0 Å². The van der Waals surface area contributed by atoms with Gasteiger partial charge in [0.1, 0.15) is 5.65 Å². The van der Waals surface area contributed by atoms with Crippen LogP contribution in [0.4, 0.5) is 0 Å². The number of aryl methyl sites for hydroxylation is 1. The summed E-state index contributed by atoms with van der Waals surface area (Å²) in [5, 5.41) is 0. The van der Waals surface area contributed by atoms with E-state index in [4.69, 9.17) is 10.7 Å². The highest BCUT2D eigenvalue weighted by molar-refractivity contribution is 5.91. The Morgan fingerprint density at radius 2 is 1.63 bits per heavy atom. The number of nitrogens with two attached hydrogens (primary N) is 1. The third-order valence-electron chi connectivity index (χ3n) is 4.49. The zero-order valence-corrected chi connectivity index (χ0v) is 15.0. The minimum Gasteiger partial charge on any atom is -0.366 e. The van der Waals surface area contributed by atoms with Gasteiger partial charge in [0.25, 0.3) is 0 Å². The smallest absolute Gasteiger partial charge is 0.241 e. The average Bonchev–Trinajstić information content (AvgIpc) is 3.04. The molecule has 4 heteroatoms. The van der Waals surface area contributed by atoms with Gasteiger partial charge in [-0.15, -0.1) is 0 Å². The van der Waals surface area contributed by atoms with Crippen LogP contribution in [0.25, 0.3) is 34.1 Å². The molecule has 0 aliphatic rings. The topological polar surface area (TPSA) is 60.4 Å². The summed E-state index contributed by atoms with van der Waals surface area (Å²) in [5.41, 5.74) is 12.2. The van der Waals surface area contributed by atoms with Crippen LogP contribution in [0.3, 0.4) is 0 Å². The zero-order valence-electron chi connectivity index (χ0n) is 15.0. The van der Waals surface area contributed by atoms with Crippen molar-refractivity contribution in [1.29, 1.82) is 0 Å². The third kappa shape index (κ3) is 3.37. The molecule has 0 radical (unpaired) electrons. The fourth-order valence-corrected chi connectivity index (χ4v) is 3.15. The summed E-state index contributed by atoms with van der Waals surface area (Å²) < 4.78 is 1.97. The van der Waals surface area contributed by atoms with Crippen molar-refractivity contribution in [2.45, 2.75) is 6.92 Å². The van der Waals surface area contributed by atoms with E-state index in [0.717, 1.165) is 33.7 Å². The molecular weight excluding hydrogens is 334 g/mol. The van der Waals surface area contributed by atoms with Gasteiger partial charge in [-0.1, -0.05) is 54.6 Å². The minimum atomic E-state index is -0.484. The number of rotatable bonds is 4. The van der Waals surface area contributed by atoms with Crippen molar-refractivity contribution in [2.24, 2.45) is 5.73 Å². The SMILES string of the molecule is Cc1ccn2c(/C=C/C(N)=O)c(-c3ccc(-c4ccccc4)cc3)nc2c1. The molecule has 0 aliphatic heterocycles. The Morgan fingerprint density at radius 1 is 0.963 bits per heavy atom. The molecule has 0 saturated heterocycles. The molecule has 4 rings (SSSR count). The fraction of sp³-hybridized carbons (Fsp3) is 0.0435. The van der Waals surface area contributed by atoms with Crippen LogP contribution >= 0.6 is 0 Å². The number of aromatic nitrogens is 2. The van der Waals surface area contributed by atoms with E-state index in [1.54, 1.807) is 6.08 Å². The highest BCUT2D eigenvalue weighted by Crippen LogP contribution is 2.28. The van der Waals surface area contributed by atoms with Crippen LogP contribution < -0.4 is 5.73 Å². The lowest BCUT2D eigenvalue weighted by atomic mass is 10.0. The molecule has 0 bridgehead atoms. The lowest BCUT2D eigenvalue weighted by Crippen LogP contribution is -2.05. The molecule has 0 unspecified atom stereocenters. The molecule has 132 valence electrons. The summed E-state index contributed by atoms with van der Waals surface area (Å²) >= 11 is 0. The van der Waals surface area contributed by atoms with Crippen LogP contribution in [0.5, 0.6) is 0 Å². The first-order valence-electron chi connectivity index (χ1n) is 8.74. The molecule has 0 aliphatic carbocycles. The molecule has 2 aromatic heterocycles. The Hall–Kier alpha value is -3.66. The number of primary amides is 1. The van der Waals surface area contributed by atoms with E-state index >= 15 is 0 Å². The Balaban J connectivity index is 1.83. The summed E-state index contributed by atoms with van der Waals surface area (Å²) in [6.45, 7) is 2.03. The molecule has 0 spiro atoms. The van der Waals surface area contributed by atoms with E-state index in [9.17, 15) is 4.79 Å². The van der Waals surface area contributed by atoms with Crippen molar-refractivity contribution in [1.82, 2.24) is 9.38 Å². The number of fused-ring (bicyclic) bond motifs is 1. The molecule has 0 atom stereocenters. The van der Waals surface area contributed by atoms with E-state index < -0.39 is 5.91 Å². The molecule has 2 N–H and O–H groups in total. The predicted octanol–water partition coefficient (Wildman–Crippen LogP) is 4.48. The van der Waals surface area contributed by atoms with Crippen LogP contribution in [0.1, 0.15) is 11.3 Å². The second-order valence-electron chi connectivity index (χ2n) is 6.46. The second-order valence-corrected chi connectivity index (χ2v) is 6.46. The summed E-state index contributed by atoms with van der Waals surface area (Å²) in [7, 11) is 0. The van der Waals surface area contributed by atoms with Gasteiger partial charge in [-0.05, 0) is 41.8 Å². The Labute approximate surface area is 157 Å². The van der Waals surface area contributed by atoms with Crippen molar-refractivity contribution >= 4 is 17.6 Å². The van der Waals surface area contributed by atoms with Crippen LogP contribution in [-0.2, 0) is 4.79 Å². The highest BCUT2D eigenvalue weighted by Gasteiger charge is 2.12. The number of nitrogens with zero attached hydrogens (tertiary/aromatic N) is 2. The lowest BCUT2D eigenvalue weighted by molar-refractivity contribution is -0.113. The van der Waals surface area contributed by atoms with Gasteiger partial charge in [0.2, 0.25) is 5.91 Å². The Kier molecular flexibility index (Phi) is 4.30. The summed E-state index contributed by atoms with van der Waals surface area (Å²) in [6, 6.07) is 22.5. The number of imidazole rings is 1. The van der Waals surface area contributed by atoms with Crippen LogP contribution in [0.15, 0.2) is 79.0 Å². The minimum absolute atomic E-state index is 0.484. The maximum absolute atomic E-state index is 11.2. The van der Waals surface area contributed by atoms with Crippen molar-refractivity contribution in [3.05, 3.63) is 90.3 Å². The number of hydrogen-bond acceptors (Lipinski definition) is 2. The molecule has 0 fully saturated rings. The van der Waals surface area contributed by atoms with Crippen LogP contribution in [-0.4, -0.2) is 15.3 Å². The van der Waals surface area contributed by atoms with E-state index in [-0.39, 0.29) is 0 Å². The van der Waals surface area contributed by atoms with Crippen molar-refractivity contribution < 1.29 is 4.79 Å². The maximum atomic E-state index is 11.2. The maximum Gasteiger partial charge on any atom is 0.241 e. The molecule has 2 heterocycles. The van der Waals surface area contributed by atoms with Crippen molar-refractivity contribution in [2.75, 3.05) is 0 Å². The number of hydrogen-bond donors (Lipinski definition) is 1. The van der Waals surface area contributed by atoms with Crippen LogP contribution in [0, 0.1) is 6.92 Å². The van der Waals surface area contributed by atoms with Gasteiger partial charge in [0.05, 0.1) is 11.4 Å². The van der Waals surface area contributed by atoms with Gasteiger partial charge in [-0.2, -0.15) is 0 Å². The van der Waals surface area contributed by atoms with Crippen molar-refractivity contribution in [3.63, 3.8) is 0 Å². The van der Waals surface area contributed by atoms with Crippen LogP contribution in [0.2, 0.25) is 0 Å². The highest BCUT2D eigenvalue weighted by atomic mass is 16.1. The normalized spacial score (nSPS) is 11.3. The van der Waals surface area contributed by atoms with Gasteiger partial charge < -0.3 is 5.73 Å². The quantitative estimate of drug-likeness (QED) is 0.550. The third-order valence-corrected chi connectivity index (χ3v) is 4.49. The van der Waals surface area contributed by atoms with E-state index in [2.05, 4.69) is 36.4 Å². The second kappa shape index (κ2) is 6.92. The Bertz CT molecular complexity index is 1140. The van der Waals surface area contributed by atoms with Gasteiger partial charge in [-0.25, -0.2) is 4.98 Å². The summed E-state index contributed by atoms with van der Waals surface area (Å²) in [5.74, 6) is -0.484.